The third-order valence-electron chi connectivity index (χ3n) is 7.27. The van der Waals surface area contributed by atoms with Gasteiger partial charge in [-0.3, -0.25) is 15.0 Å². The number of likely N-dealkylation sites (tertiary alicyclic amines) is 1. The van der Waals surface area contributed by atoms with Crippen LogP contribution < -0.4 is 5.32 Å². The zero-order valence-corrected chi connectivity index (χ0v) is 21.3. The normalized spacial score (nSPS) is 18.0. The van der Waals surface area contributed by atoms with Gasteiger partial charge in [-0.1, -0.05) is 121 Å². The summed E-state index contributed by atoms with van der Waals surface area (Å²) in [6, 6.07) is 42.8. The summed E-state index contributed by atoms with van der Waals surface area (Å²) in [5.41, 5.74) is 4.24. The van der Waals surface area contributed by atoms with Crippen LogP contribution in [0, 0.1) is 0 Å². The SMILES string of the molecule is CCOC(=O)CN1C[C@@H](NC(c2ccccc2)(c2ccccc2)c2ccccc2)C[C@@H]1c1ccccc1. The van der Waals surface area contributed by atoms with E-state index in [4.69, 9.17) is 4.74 Å². The lowest BCUT2D eigenvalue weighted by molar-refractivity contribution is -0.144. The molecule has 0 unspecified atom stereocenters. The van der Waals surface area contributed by atoms with Gasteiger partial charge < -0.3 is 4.74 Å². The monoisotopic (exact) mass is 490 g/mol. The van der Waals surface area contributed by atoms with Crippen LogP contribution in [0.2, 0.25) is 0 Å². The number of carbonyl (C=O) groups is 1. The van der Waals surface area contributed by atoms with Crippen molar-refractivity contribution >= 4 is 5.97 Å². The van der Waals surface area contributed by atoms with E-state index >= 15 is 0 Å². The van der Waals surface area contributed by atoms with Gasteiger partial charge in [-0.2, -0.15) is 0 Å². The number of hydrogen-bond donors (Lipinski definition) is 1. The minimum absolute atomic E-state index is 0.128. The molecule has 1 N–H and O–H groups in total. The summed E-state index contributed by atoms with van der Waals surface area (Å²) in [6.45, 7) is 3.27. The lowest BCUT2D eigenvalue weighted by Crippen LogP contribution is -2.50. The number of hydrogen-bond acceptors (Lipinski definition) is 4. The molecule has 0 aromatic heterocycles. The molecule has 0 saturated carbocycles. The molecule has 4 heteroatoms. The van der Waals surface area contributed by atoms with Crippen LogP contribution in [-0.2, 0) is 15.1 Å². The first-order valence-corrected chi connectivity index (χ1v) is 13.1. The van der Waals surface area contributed by atoms with E-state index in [1.807, 2.05) is 13.0 Å². The molecule has 2 atom stereocenters. The molecule has 5 rings (SSSR count). The van der Waals surface area contributed by atoms with Crippen molar-refractivity contribution in [3.05, 3.63) is 144 Å². The molecule has 1 heterocycles. The summed E-state index contributed by atoms with van der Waals surface area (Å²) in [7, 11) is 0. The summed E-state index contributed by atoms with van der Waals surface area (Å²) < 4.78 is 5.33. The molecule has 1 saturated heterocycles. The predicted octanol–water partition coefficient (Wildman–Crippen LogP) is 5.95. The van der Waals surface area contributed by atoms with E-state index in [9.17, 15) is 4.79 Å². The molecule has 4 aromatic carbocycles. The maximum atomic E-state index is 12.5. The Morgan fingerprint density at radius 2 is 1.24 bits per heavy atom. The highest BCUT2D eigenvalue weighted by molar-refractivity contribution is 5.71. The van der Waals surface area contributed by atoms with Gasteiger partial charge in [0.25, 0.3) is 0 Å². The van der Waals surface area contributed by atoms with Crippen LogP contribution in [0.15, 0.2) is 121 Å². The van der Waals surface area contributed by atoms with Gasteiger partial charge in [0.05, 0.1) is 18.7 Å². The van der Waals surface area contributed by atoms with Crippen molar-refractivity contribution in [2.24, 2.45) is 0 Å². The number of ether oxygens (including phenoxy) is 1. The molecule has 0 amide bonds. The van der Waals surface area contributed by atoms with E-state index in [1.165, 1.54) is 22.3 Å². The third-order valence-corrected chi connectivity index (χ3v) is 7.27. The summed E-state index contributed by atoms with van der Waals surface area (Å²) >= 11 is 0. The number of nitrogens with one attached hydrogen (secondary N) is 1. The third kappa shape index (κ3) is 5.36. The van der Waals surface area contributed by atoms with Gasteiger partial charge in [0.1, 0.15) is 0 Å². The van der Waals surface area contributed by atoms with Crippen molar-refractivity contribution in [1.82, 2.24) is 10.2 Å². The fraction of sp³-hybridized carbons (Fsp3) is 0.242. The van der Waals surface area contributed by atoms with Crippen molar-refractivity contribution in [3.8, 4) is 0 Å². The minimum atomic E-state index is -0.546. The molecule has 4 aromatic rings. The summed E-state index contributed by atoms with van der Waals surface area (Å²) in [5.74, 6) is -0.176. The van der Waals surface area contributed by atoms with Gasteiger partial charge >= 0.3 is 5.97 Å². The highest BCUT2D eigenvalue weighted by atomic mass is 16.5. The Hall–Kier alpha value is -3.73. The van der Waals surface area contributed by atoms with E-state index in [0.29, 0.717) is 6.61 Å². The zero-order valence-electron chi connectivity index (χ0n) is 21.3. The Labute approximate surface area is 219 Å². The standard InChI is InChI=1S/C33H34N2O2/c1-2-37-32(36)25-35-24-30(23-31(35)26-15-7-3-8-16-26)34-33(27-17-9-4-10-18-27,28-19-11-5-12-20-28)29-21-13-6-14-22-29/h3-22,30-31,34H,2,23-25H2,1H3/t30-,31+/m0/s1. The van der Waals surface area contributed by atoms with Gasteiger partial charge in [-0.15, -0.1) is 0 Å². The van der Waals surface area contributed by atoms with Crippen molar-refractivity contribution < 1.29 is 9.53 Å². The van der Waals surface area contributed by atoms with E-state index in [1.54, 1.807) is 0 Å². The van der Waals surface area contributed by atoms with Crippen molar-refractivity contribution in [3.63, 3.8) is 0 Å². The molecule has 188 valence electrons. The second-order valence-electron chi connectivity index (χ2n) is 9.59. The minimum Gasteiger partial charge on any atom is -0.465 e. The summed E-state index contributed by atoms with van der Waals surface area (Å²) in [5, 5.41) is 4.12. The Morgan fingerprint density at radius 1 is 0.784 bits per heavy atom. The van der Waals surface area contributed by atoms with E-state index in [-0.39, 0.29) is 24.6 Å². The van der Waals surface area contributed by atoms with Gasteiger partial charge in [0.2, 0.25) is 0 Å². The zero-order chi connectivity index (χ0) is 25.5. The molecule has 0 radical (unpaired) electrons. The average molecular weight is 491 g/mol. The molecule has 1 fully saturated rings. The van der Waals surface area contributed by atoms with Gasteiger partial charge in [-0.25, -0.2) is 0 Å². The molecule has 0 spiro atoms. The van der Waals surface area contributed by atoms with Crippen LogP contribution in [0.25, 0.3) is 0 Å². The first-order chi connectivity index (χ1) is 18.2. The van der Waals surface area contributed by atoms with E-state index in [0.717, 1.165) is 13.0 Å². The second kappa shape index (κ2) is 11.5. The highest BCUT2D eigenvalue weighted by Gasteiger charge is 2.42. The molecule has 4 nitrogen and oxygen atoms in total. The number of benzene rings is 4. The quantitative estimate of drug-likeness (QED) is 0.233. The first-order valence-electron chi connectivity index (χ1n) is 13.1. The van der Waals surface area contributed by atoms with Crippen LogP contribution in [-0.4, -0.2) is 36.6 Å². The topological polar surface area (TPSA) is 41.6 Å². The fourth-order valence-electron chi connectivity index (χ4n) is 5.70. The van der Waals surface area contributed by atoms with Crippen LogP contribution in [0.5, 0.6) is 0 Å². The van der Waals surface area contributed by atoms with Crippen LogP contribution in [0.4, 0.5) is 0 Å². The predicted molar refractivity (Wildman–Crippen MR) is 148 cm³/mol. The Balaban J connectivity index is 1.57. The number of nitrogens with zero attached hydrogens (tertiary/aromatic N) is 1. The maximum Gasteiger partial charge on any atom is 0.320 e. The summed E-state index contributed by atoms with van der Waals surface area (Å²) in [6.07, 6.45) is 0.887. The number of rotatable bonds is 9. The van der Waals surface area contributed by atoms with Crippen molar-refractivity contribution in [2.75, 3.05) is 19.7 Å². The van der Waals surface area contributed by atoms with Crippen molar-refractivity contribution in [1.29, 1.82) is 0 Å². The van der Waals surface area contributed by atoms with Gasteiger partial charge in [0, 0.05) is 18.6 Å². The number of esters is 1. The largest absolute Gasteiger partial charge is 0.465 e. The second-order valence-corrected chi connectivity index (χ2v) is 9.59. The molecular weight excluding hydrogens is 456 g/mol. The number of carbonyl (C=O) groups excluding carboxylic acids is 1. The average Bonchev–Trinajstić information content (AvgIpc) is 3.35. The molecule has 1 aliphatic rings. The van der Waals surface area contributed by atoms with Crippen LogP contribution in [0.3, 0.4) is 0 Å². The van der Waals surface area contributed by atoms with Gasteiger partial charge in [-0.05, 0) is 35.6 Å². The molecule has 0 aliphatic carbocycles. The Bertz CT molecular complexity index is 1170. The molecular formula is C33H34N2O2. The van der Waals surface area contributed by atoms with Crippen molar-refractivity contribution in [2.45, 2.75) is 31.0 Å². The lowest BCUT2D eigenvalue weighted by atomic mass is 9.76. The Kier molecular flexibility index (Phi) is 7.79. The van der Waals surface area contributed by atoms with E-state index < -0.39 is 5.54 Å². The summed E-state index contributed by atoms with van der Waals surface area (Å²) in [4.78, 5) is 14.8. The molecule has 37 heavy (non-hydrogen) atoms. The highest BCUT2D eigenvalue weighted by Crippen LogP contribution is 2.40. The van der Waals surface area contributed by atoms with E-state index in [2.05, 4.69) is 125 Å². The molecule has 0 bridgehead atoms. The maximum absolute atomic E-state index is 12.5. The first kappa shape index (κ1) is 24.9. The van der Waals surface area contributed by atoms with Crippen LogP contribution >= 0.6 is 0 Å². The molecule has 1 aliphatic heterocycles. The lowest BCUT2D eigenvalue weighted by Gasteiger charge is -2.39. The fourth-order valence-corrected chi connectivity index (χ4v) is 5.70. The van der Waals surface area contributed by atoms with Gasteiger partial charge in [0.15, 0.2) is 0 Å². The smallest absolute Gasteiger partial charge is 0.320 e. The Morgan fingerprint density at radius 3 is 1.70 bits per heavy atom. The van der Waals surface area contributed by atoms with Crippen LogP contribution in [0.1, 0.15) is 41.6 Å².